The van der Waals surface area contributed by atoms with Gasteiger partial charge in [-0.05, 0) is 51.4 Å². The molecule has 0 rings (SSSR count). The van der Waals surface area contributed by atoms with Crippen LogP contribution in [0, 0.1) is 0 Å². The van der Waals surface area contributed by atoms with E-state index in [4.69, 9.17) is 14.2 Å². The summed E-state index contributed by atoms with van der Waals surface area (Å²) in [5.41, 5.74) is 0. The van der Waals surface area contributed by atoms with Crippen LogP contribution >= 0.6 is 0 Å². The fourth-order valence-electron chi connectivity index (χ4n) is 9.83. The van der Waals surface area contributed by atoms with E-state index in [0.29, 0.717) is 19.3 Å². The van der Waals surface area contributed by atoms with Crippen LogP contribution < -0.4 is 0 Å². The second-order valence-electron chi connectivity index (χ2n) is 22.0. The highest BCUT2D eigenvalue weighted by Gasteiger charge is 2.19. The zero-order valence-corrected chi connectivity index (χ0v) is 48.7. The minimum Gasteiger partial charge on any atom is -0.462 e. The van der Waals surface area contributed by atoms with E-state index in [0.717, 1.165) is 70.6 Å². The predicted octanol–water partition coefficient (Wildman–Crippen LogP) is 21.8. The van der Waals surface area contributed by atoms with Gasteiger partial charge in [0.05, 0.1) is 0 Å². The zero-order valence-electron chi connectivity index (χ0n) is 48.7. The number of hydrogen-bond donors (Lipinski definition) is 0. The Morgan fingerprint density at radius 2 is 0.500 bits per heavy atom. The van der Waals surface area contributed by atoms with Crippen LogP contribution in [-0.2, 0) is 28.6 Å². The van der Waals surface area contributed by atoms with E-state index in [9.17, 15) is 14.4 Å². The van der Waals surface area contributed by atoms with Crippen LogP contribution in [0.4, 0.5) is 0 Å². The predicted molar refractivity (Wildman–Crippen MR) is 312 cm³/mol. The van der Waals surface area contributed by atoms with Crippen molar-refractivity contribution in [3.05, 3.63) is 24.3 Å². The molecule has 0 heterocycles. The minimum atomic E-state index is -0.772. The standard InChI is InChI=1S/C66H124O6/c1-4-7-10-13-16-19-22-25-28-31-32-33-34-36-38-41-44-47-50-53-56-59-65(68)71-62-63(61-70-64(67)58-55-52-49-46-43-40-37-30-27-24-21-18-15-12-9-6-3)72-66(69)60-57-54-51-48-45-42-39-35-29-26-23-20-17-14-11-8-5-2/h17,20,26,29,63H,4-16,18-19,21-25,27-28,30-62H2,1-3H3/b20-17-,29-26-. The van der Waals surface area contributed by atoms with E-state index in [-0.39, 0.29) is 31.1 Å². The van der Waals surface area contributed by atoms with Crippen molar-refractivity contribution in [1.82, 2.24) is 0 Å². The van der Waals surface area contributed by atoms with Gasteiger partial charge in [0.25, 0.3) is 0 Å². The molecule has 0 bridgehead atoms. The second-order valence-corrected chi connectivity index (χ2v) is 22.0. The fraction of sp³-hybridized carbons (Fsp3) is 0.894. The first kappa shape index (κ1) is 69.9. The van der Waals surface area contributed by atoms with Crippen LogP contribution in [0.2, 0.25) is 0 Å². The van der Waals surface area contributed by atoms with Crippen LogP contribution in [-0.4, -0.2) is 37.2 Å². The quantitative estimate of drug-likeness (QED) is 0.0261. The third-order valence-corrected chi connectivity index (χ3v) is 14.7. The molecule has 0 aromatic heterocycles. The lowest BCUT2D eigenvalue weighted by molar-refractivity contribution is -0.167. The van der Waals surface area contributed by atoms with Crippen molar-refractivity contribution < 1.29 is 28.6 Å². The van der Waals surface area contributed by atoms with Crippen molar-refractivity contribution in [2.24, 2.45) is 0 Å². The van der Waals surface area contributed by atoms with Gasteiger partial charge in [0, 0.05) is 19.3 Å². The number of unbranched alkanes of at least 4 members (excludes halogenated alkanes) is 45. The van der Waals surface area contributed by atoms with Crippen molar-refractivity contribution in [2.45, 2.75) is 367 Å². The van der Waals surface area contributed by atoms with Gasteiger partial charge in [0.1, 0.15) is 13.2 Å². The molecule has 1 unspecified atom stereocenters. The third kappa shape index (κ3) is 58.8. The van der Waals surface area contributed by atoms with Crippen LogP contribution in [0.15, 0.2) is 24.3 Å². The number of esters is 3. The summed E-state index contributed by atoms with van der Waals surface area (Å²) in [4.78, 5) is 38.3. The Hall–Kier alpha value is -2.11. The van der Waals surface area contributed by atoms with Gasteiger partial charge < -0.3 is 14.2 Å². The number of allylic oxidation sites excluding steroid dienone is 4. The zero-order chi connectivity index (χ0) is 52.2. The van der Waals surface area contributed by atoms with Gasteiger partial charge in [-0.25, -0.2) is 0 Å². The first-order valence-corrected chi connectivity index (χ1v) is 32.3. The molecule has 0 radical (unpaired) electrons. The summed E-state index contributed by atoms with van der Waals surface area (Å²) >= 11 is 0. The van der Waals surface area contributed by atoms with Gasteiger partial charge in [-0.3, -0.25) is 14.4 Å². The summed E-state index contributed by atoms with van der Waals surface area (Å²) in [6.45, 7) is 6.68. The molecule has 6 heteroatoms. The van der Waals surface area contributed by atoms with E-state index < -0.39 is 6.10 Å². The Morgan fingerprint density at radius 3 is 0.792 bits per heavy atom. The molecule has 0 N–H and O–H groups in total. The molecule has 0 aliphatic rings. The maximum atomic E-state index is 12.9. The molecule has 1 atom stereocenters. The molecular formula is C66H124O6. The lowest BCUT2D eigenvalue weighted by Crippen LogP contribution is -2.30. The molecule has 0 aliphatic carbocycles. The lowest BCUT2D eigenvalue weighted by Gasteiger charge is -2.18. The van der Waals surface area contributed by atoms with Gasteiger partial charge in [-0.2, -0.15) is 0 Å². The SMILES string of the molecule is CCCCC/C=C\C/C=C\CCCCCCCCCC(=O)OC(COC(=O)CCCCCCCCCCCCCCCCCC)COC(=O)CCCCCCCCCCCCCCCCCCCCCCC. The molecule has 72 heavy (non-hydrogen) atoms. The number of carbonyl (C=O) groups excluding carboxylic acids is 3. The minimum absolute atomic E-state index is 0.0684. The van der Waals surface area contributed by atoms with Crippen LogP contribution in [0.1, 0.15) is 361 Å². The fourth-order valence-corrected chi connectivity index (χ4v) is 9.83. The Kier molecular flexibility index (Phi) is 59.6. The molecule has 0 aromatic carbocycles. The van der Waals surface area contributed by atoms with Crippen LogP contribution in [0.25, 0.3) is 0 Å². The van der Waals surface area contributed by atoms with Crippen molar-refractivity contribution in [3.63, 3.8) is 0 Å². The topological polar surface area (TPSA) is 78.9 Å². The number of carbonyl (C=O) groups is 3. The van der Waals surface area contributed by atoms with Crippen LogP contribution in [0.5, 0.6) is 0 Å². The van der Waals surface area contributed by atoms with Gasteiger partial charge in [-0.1, -0.05) is 315 Å². The van der Waals surface area contributed by atoms with Gasteiger partial charge >= 0.3 is 17.9 Å². The largest absolute Gasteiger partial charge is 0.462 e. The highest BCUT2D eigenvalue weighted by Crippen LogP contribution is 2.18. The van der Waals surface area contributed by atoms with Crippen LogP contribution in [0.3, 0.4) is 0 Å². The summed E-state index contributed by atoms with van der Waals surface area (Å²) in [7, 11) is 0. The number of ether oxygens (including phenoxy) is 3. The molecule has 0 fully saturated rings. The summed E-state index contributed by atoms with van der Waals surface area (Å²) in [5.74, 6) is -0.847. The smallest absolute Gasteiger partial charge is 0.306 e. The van der Waals surface area contributed by atoms with E-state index in [2.05, 4.69) is 45.1 Å². The van der Waals surface area contributed by atoms with Gasteiger partial charge in [-0.15, -0.1) is 0 Å². The molecule has 0 saturated carbocycles. The highest BCUT2D eigenvalue weighted by atomic mass is 16.6. The summed E-state index contributed by atoms with van der Waals surface area (Å²) in [6.07, 6.45) is 73.2. The molecule has 0 amide bonds. The molecule has 0 aliphatic heterocycles. The molecule has 424 valence electrons. The highest BCUT2D eigenvalue weighted by molar-refractivity contribution is 5.71. The summed E-state index contributed by atoms with van der Waals surface area (Å²) in [6, 6.07) is 0. The third-order valence-electron chi connectivity index (χ3n) is 14.7. The van der Waals surface area contributed by atoms with Crippen molar-refractivity contribution >= 4 is 17.9 Å². The van der Waals surface area contributed by atoms with Gasteiger partial charge in [0.2, 0.25) is 0 Å². The molecule has 0 saturated heterocycles. The Balaban J connectivity index is 4.30. The van der Waals surface area contributed by atoms with E-state index in [1.807, 2.05) is 0 Å². The summed E-state index contributed by atoms with van der Waals surface area (Å²) in [5, 5.41) is 0. The number of rotatable bonds is 60. The van der Waals surface area contributed by atoms with Crippen molar-refractivity contribution in [1.29, 1.82) is 0 Å². The lowest BCUT2D eigenvalue weighted by atomic mass is 10.0. The first-order chi connectivity index (χ1) is 35.5. The molecule has 6 nitrogen and oxygen atoms in total. The van der Waals surface area contributed by atoms with Crippen molar-refractivity contribution in [2.75, 3.05) is 13.2 Å². The van der Waals surface area contributed by atoms with E-state index in [1.165, 1.54) is 250 Å². The van der Waals surface area contributed by atoms with Crippen molar-refractivity contribution in [3.8, 4) is 0 Å². The maximum absolute atomic E-state index is 12.9. The van der Waals surface area contributed by atoms with Gasteiger partial charge in [0.15, 0.2) is 6.10 Å². The second kappa shape index (κ2) is 61.4. The Morgan fingerprint density at radius 1 is 0.278 bits per heavy atom. The summed E-state index contributed by atoms with van der Waals surface area (Å²) < 4.78 is 17.0. The van der Waals surface area contributed by atoms with E-state index in [1.54, 1.807) is 0 Å². The Bertz CT molecular complexity index is 1160. The first-order valence-electron chi connectivity index (χ1n) is 32.3. The maximum Gasteiger partial charge on any atom is 0.306 e. The average Bonchev–Trinajstić information content (AvgIpc) is 3.38. The normalized spacial score (nSPS) is 12.1. The average molecular weight is 1010 g/mol. The molecular weight excluding hydrogens is 889 g/mol. The molecule has 0 spiro atoms. The Labute approximate surface area is 449 Å². The van der Waals surface area contributed by atoms with E-state index >= 15 is 0 Å². The monoisotopic (exact) mass is 1010 g/mol. The number of hydrogen-bond acceptors (Lipinski definition) is 6. The molecule has 0 aromatic rings.